The zero-order valence-corrected chi connectivity index (χ0v) is 20.3. The van der Waals surface area contributed by atoms with Crippen LogP contribution in [0.2, 0.25) is 0 Å². The second-order valence-electron chi connectivity index (χ2n) is 7.30. The Morgan fingerprint density at radius 1 is 1.09 bits per heavy atom. The predicted molar refractivity (Wildman–Crippen MR) is 135 cm³/mol. The molecule has 1 aliphatic rings. The second-order valence-corrected chi connectivity index (χ2v) is 8.46. The van der Waals surface area contributed by atoms with Crippen molar-refractivity contribution in [3.8, 4) is 11.5 Å². The van der Waals surface area contributed by atoms with E-state index in [0.717, 1.165) is 20.3 Å². The van der Waals surface area contributed by atoms with Gasteiger partial charge in [0.25, 0.3) is 0 Å². The summed E-state index contributed by atoms with van der Waals surface area (Å²) in [5.41, 5.74) is 3.40. The summed E-state index contributed by atoms with van der Waals surface area (Å²) in [5.74, 6) is -0.389. The second kappa shape index (κ2) is 10.5. The fourth-order valence-corrected chi connectivity index (χ4v) is 4.13. The number of oxime groups is 1. The summed E-state index contributed by atoms with van der Waals surface area (Å²) in [7, 11) is 0. The highest BCUT2D eigenvalue weighted by Gasteiger charge is 2.27. The molecule has 0 aliphatic carbocycles. The van der Waals surface area contributed by atoms with Crippen molar-refractivity contribution in [1.82, 2.24) is 0 Å². The minimum atomic E-state index is -0.975. The third-order valence-corrected chi connectivity index (χ3v) is 5.77. The van der Waals surface area contributed by atoms with E-state index in [4.69, 9.17) is 19.4 Å². The van der Waals surface area contributed by atoms with E-state index in [9.17, 15) is 9.59 Å². The summed E-state index contributed by atoms with van der Waals surface area (Å²) < 4.78 is 12.6. The zero-order valence-electron chi connectivity index (χ0n) is 18.2. The molecule has 0 fully saturated rings. The van der Waals surface area contributed by atoms with Gasteiger partial charge in [-0.1, -0.05) is 47.6 Å². The van der Waals surface area contributed by atoms with E-state index in [1.807, 2.05) is 43.3 Å². The molecule has 7 nitrogen and oxygen atoms in total. The molecule has 1 heterocycles. The number of nitrogens with zero attached hydrogens (tertiary/aromatic N) is 1. The van der Waals surface area contributed by atoms with Crippen molar-refractivity contribution in [2.45, 2.75) is 13.5 Å². The number of rotatable bonds is 8. The van der Waals surface area contributed by atoms with Crippen molar-refractivity contribution >= 4 is 46.3 Å². The quantitative estimate of drug-likeness (QED) is 0.225. The molecule has 1 N–H and O–H groups in total. The number of carboxylic acid groups (broad SMARTS) is 1. The Balaban J connectivity index is 1.61. The molecule has 4 rings (SSSR count). The molecule has 0 aromatic heterocycles. The van der Waals surface area contributed by atoms with Gasteiger partial charge < -0.3 is 19.4 Å². The Labute approximate surface area is 209 Å². The van der Waals surface area contributed by atoms with Crippen LogP contribution in [0.25, 0.3) is 6.08 Å². The molecular formula is C26H20INO6. The van der Waals surface area contributed by atoms with E-state index in [-0.39, 0.29) is 12.2 Å². The molecular weight excluding hydrogens is 549 g/mol. The van der Waals surface area contributed by atoms with E-state index < -0.39 is 11.9 Å². The largest absolute Gasteiger partial charge is 0.490 e. The number of carbonyl (C=O) groups excluding carboxylic acids is 1. The molecule has 0 saturated carbocycles. The first-order chi connectivity index (χ1) is 16.5. The minimum Gasteiger partial charge on any atom is -0.490 e. The summed E-state index contributed by atoms with van der Waals surface area (Å²) in [6.45, 7) is 2.55. The Kier molecular flexibility index (Phi) is 7.27. The maximum absolute atomic E-state index is 12.4. The van der Waals surface area contributed by atoms with Gasteiger partial charge in [0, 0.05) is 5.56 Å². The number of halogens is 1. The van der Waals surface area contributed by atoms with E-state index in [0.29, 0.717) is 29.4 Å². The monoisotopic (exact) mass is 569 g/mol. The lowest BCUT2D eigenvalue weighted by atomic mass is 10.0. The standard InChI is InChI=1S/C26H20INO6/c1-2-32-22-14-17(12-20-23(28-34-26(20)31)18-6-4-3-5-7-18)13-21(27)24(22)33-15-16-8-10-19(11-9-16)25(29)30/h3-14H,2,15H2,1H3,(H,29,30)/b20-12-. The third-order valence-electron chi connectivity index (χ3n) is 4.97. The van der Waals surface area contributed by atoms with Gasteiger partial charge in [0.1, 0.15) is 12.3 Å². The van der Waals surface area contributed by atoms with Gasteiger partial charge in [-0.3, -0.25) is 0 Å². The molecule has 3 aromatic rings. The van der Waals surface area contributed by atoms with Crippen LogP contribution in [0.4, 0.5) is 0 Å². The number of ether oxygens (including phenoxy) is 2. The molecule has 34 heavy (non-hydrogen) atoms. The highest BCUT2D eigenvalue weighted by molar-refractivity contribution is 14.1. The van der Waals surface area contributed by atoms with Crippen molar-refractivity contribution in [3.63, 3.8) is 0 Å². The molecule has 8 heteroatoms. The van der Waals surface area contributed by atoms with E-state index in [2.05, 4.69) is 27.7 Å². The topological polar surface area (TPSA) is 94.4 Å². The van der Waals surface area contributed by atoms with Gasteiger partial charge >= 0.3 is 11.9 Å². The number of aromatic carboxylic acids is 1. The Morgan fingerprint density at radius 3 is 2.50 bits per heavy atom. The van der Waals surface area contributed by atoms with Crippen LogP contribution in [0.5, 0.6) is 11.5 Å². The molecule has 0 atom stereocenters. The van der Waals surface area contributed by atoms with Crippen LogP contribution >= 0.6 is 22.6 Å². The highest BCUT2D eigenvalue weighted by atomic mass is 127. The van der Waals surface area contributed by atoms with Crippen LogP contribution in [0, 0.1) is 3.57 Å². The van der Waals surface area contributed by atoms with Gasteiger partial charge in [-0.25, -0.2) is 9.59 Å². The molecule has 0 amide bonds. The van der Waals surface area contributed by atoms with Gasteiger partial charge in [-0.2, -0.15) is 0 Å². The van der Waals surface area contributed by atoms with Crippen molar-refractivity contribution in [2.24, 2.45) is 5.16 Å². The van der Waals surface area contributed by atoms with Crippen LogP contribution in [0.15, 0.2) is 77.5 Å². The number of hydrogen-bond acceptors (Lipinski definition) is 6. The van der Waals surface area contributed by atoms with Crippen LogP contribution in [-0.2, 0) is 16.2 Å². The Hall–Kier alpha value is -3.66. The van der Waals surface area contributed by atoms with Crippen molar-refractivity contribution in [2.75, 3.05) is 6.61 Å². The van der Waals surface area contributed by atoms with E-state index in [1.54, 1.807) is 24.3 Å². The fraction of sp³-hybridized carbons (Fsp3) is 0.115. The summed E-state index contributed by atoms with van der Waals surface area (Å²) in [6, 6.07) is 19.6. The SMILES string of the molecule is CCOc1cc(/C=C2\C(=O)ON=C2c2ccccc2)cc(I)c1OCc1ccc(C(=O)O)cc1. The Bertz CT molecular complexity index is 1280. The first-order valence-corrected chi connectivity index (χ1v) is 11.5. The summed E-state index contributed by atoms with van der Waals surface area (Å²) in [6.07, 6.45) is 1.72. The summed E-state index contributed by atoms with van der Waals surface area (Å²) in [5, 5.41) is 13.0. The lowest BCUT2D eigenvalue weighted by molar-refractivity contribution is -0.136. The average molecular weight is 569 g/mol. The van der Waals surface area contributed by atoms with Crippen molar-refractivity contribution < 1.29 is 29.0 Å². The number of hydrogen-bond donors (Lipinski definition) is 1. The molecule has 0 unspecified atom stereocenters. The fourth-order valence-electron chi connectivity index (χ4n) is 3.35. The van der Waals surface area contributed by atoms with Crippen molar-refractivity contribution in [3.05, 3.63) is 98.1 Å². The Morgan fingerprint density at radius 2 is 1.82 bits per heavy atom. The lowest BCUT2D eigenvalue weighted by Crippen LogP contribution is -2.07. The number of benzene rings is 3. The average Bonchev–Trinajstić information content (AvgIpc) is 3.19. The van der Waals surface area contributed by atoms with Crippen LogP contribution in [0.3, 0.4) is 0 Å². The van der Waals surface area contributed by atoms with Gasteiger partial charge in [-0.15, -0.1) is 0 Å². The lowest BCUT2D eigenvalue weighted by Gasteiger charge is -2.15. The highest BCUT2D eigenvalue weighted by Crippen LogP contribution is 2.36. The minimum absolute atomic E-state index is 0.217. The van der Waals surface area contributed by atoms with Gasteiger partial charge in [0.15, 0.2) is 11.5 Å². The molecule has 0 radical (unpaired) electrons. The van der Waals surface area contributed by atoms with E-state index in [1.165, 1.54) is 12.1 Å². The molecule has 1 aliphatic heterocycles. The predicted octanol–water partition coefficient (Wildman–Crippen LogP) is 5.31. The van der Waals surface area contributed by atoms with Gasteiger partial charge in [0.2, 0.25) is 0 Å². The number of carboxylic acids is 1. The third kappa shape index (κ3) is 5.28. The smallest absolute Gasteiger partial charge is 0.368 e. The molecule has 0 spiro atoms. The maximum Gasteiger partial charge on any atom is 0.368 e. The maximum atomic E-state index is 12.4. The molecule has 3 aromatic carbocycles. The summed E-state index contributed by atoms with van der Waals surface area (Å²) in [4.78, 5) is 28.3. The first-order valence-electron chi connectivity index (χ1n) is 10.4. The van der Waals surface area contributed by atoms with Crippen LogP contribution in [-0.4, -0.2) is 29.4 Å². The molecule has 172 valence electrons. The van der Waals surface area contributed by atoms with Crippen LogP contribution in [0.1, 0.15) is 34.0 Å². The zero-order chi connectivity index (χ0) is 24.1. The normalized spacial score (nSPS) is 14.0. The van der Waals surface area contributed by atoms with Crippen LogP contribution < -0.4 is 9.47 Å². The molecule has 0 bridgehead atoms. The van der Waals surface area contributed by atoms with Gasteiger partial charge in [0.05, 0.1) is 21.3 Å². The molecule has 0 saturated heterocycles. The van der Waals surface area contributed by atoms with Gasteiger partial charge in [-0.05, 0) is 71.0 Å². The first kappa shape index (κ1) is 23.5. The van der Waals surface area contributed by atoms with E-state index >= 15 is 0 Å². The number of carbonyl (C=O) groups is 2. The van der Waals surface area contributed by atoms with Crippen molar-refractivity contribution in [1.29, 1.82) is 0 Å². The summed E-state index contributed by atoms with van der Waals surface area (Å²) >= 11 is 2.16.